The predicted octanol–water partition coefficient (Wildman–Crippen LogP) is 3.80. The molecule has 0 bridgehead atoms. The van der Waals surface area contributed by atoms with Crippen molar-refractivity contribution in [2.75, 3.05) is 18.0 Å². The first-order valence-electron chi connectivity index (χ1n) is 7.14. The van der Waals surface area contributed by atoms with Gasteiger partial charge in [-0.3, -0.25) is 0 Å². The van der Waals surface area contributed by atoms with E-state index in [9.17, 15) is 4.39 Å². The molecule has 1 heterocycles. The van der Waals surface area contributed by atoms with E-state index in [1.807, 2.05) is 41.3 Å². The average molecular weight is 305 g/mol. The van der Waals surface area contributed by atoms with Crippen molar-refractivity contribution >= 4 is 17.3 Å². The third-order valence-corrected chi connectivity index (χ3v) is 4.27. The Kier molecular flexibility index (Phi) is 4.13. The number of nitrogens with two attached hydrogens (primary N) is 1. The van der Waals surface area contributed by atoms with E-state index in [1.165, 1.54) is 11.6 Å². The Morgan fingerprint density at radius 1 is 1.05 bits per heavy atom. The zero-order chi connectivity index (χ0) is 14.8. The minimum absolute atomic E-state index is 0.0408. The molecule has 2 atom stereocenters. The summed E-state index contributed by atoms with van der Waals surface area (Å²) in [4.78, 5) is 2.04. The summed E-state index contributed by atoms with van der Waals surface area (Å²) in [7, 11) is 0. The first-order valence-corrected chi connectivity index (χ1v) is 7.52. The molecule has 3 rings (SSSR count). The van der Waals surface area contributed by atoms with Gasteiger partial charge in [0.25, 0.3) is 0 Å². The van der Waals surface area contributed by atoms with Crippen LogP contribution in [0.5, 0.6) is 0 Å². The van der Waals surface area contributed by atoms with Crippen LogP contribution in [0.25, 0.3) is 0 Å². The van der Waals surface area contributed by atoms with Gasteiger partial charge in [-0.25, -0.2) is 4.39 Å². The molecule has 21 heavy (non-hydrogen) atoms. The second-order valence-corrected chi connectivity index (χ2v) is 6.04. The minimum Gasteiger partial charge on any atom is -0.367 e. The summed E-state index contributed by atoms with van der Waals surface area (Å²) >= 11 is 5.94. The molecule has 0 radical (unpaired) electrons. The Hall–Kier alpha value is -1.58. The van der Waals surface area contributed by atoms with Crippen LogP contribution < -0.4 is 10.6 Å². The van der Waals surface area contributed by atoms with Gasteiger partial charge in [0.2, 0.25) is 0 Å². The molecule has 0 spiro atoms. The van der Waals surface area contributed by atoms with Crippen LogP contribution in [0.2, 0.25) is 5.02 Å². The fourth-order valence-corrected chi connectivity index (χ4v) is 3.15. The van der Waals surface area contributed by atoms with Crippen LogP contribution in [0.15, 0.2) is 48.5 Å². The second kappa shape index (κ2) is 6.04. The maximum absolute atomic E-state index is 14.0. The summed E-state index contributed by atoms with van der Waals surface area (Å²) in [6, 6.07) is 14.8. The maximum atomic E-state index is 14.0. The van der Waals surface area contributed by atoms with Crippen molar-refractivity contribution < 1.29 is 4.39 Å². The molecule has 110 valence electrons. The lowest BCUT2D eigenvalue weighted by Crippen LogP contribution is -2.46. The highest BCUT2D eigenvalue weighted by Crippen LogP contribution is 2.31. The lowest BCUT2D eigenvalue weighted by molar-refractivity contribution is 0.449. The molecule has 0 saturated carbocycles. The summed E-state index contributed by atoms with van der Waals surface area (Å²) in [6.07, 6.45) is 0.909. The van der Waals surface area contributed by atoms with E-state index in [1.54, 1.807) is 6.07 Å². The fourth-order valence-electron chi connectivity index (χ4n) is 3.02. The molecule has 2 aromatic rings. The molecule has 0 aliphatic carbocycles. The van der Waals surface area contributed by atoms with Crippen molar-refractivity contribution in [3.63, 3.8) is 0 Å². The van der Waals surface area contributed by atoms with Gasteiger partial charge >= 0.3 is 0 Å². The minimum atomic E-state index is -0.193. The normalized spacial score (nSPS) is 22.3. The van der Waals surface area contributed by atoms with E-state index < -0.39 is 0 Å². The van der Waals surface area contributed by atoms with E-state index in [-0.39, 0.29) is 11.9 Å². The smallest absolute Gasteiger partial charge is 0.146 e. The van der Waals surface area contributed by atoms with Crippen molar-refractivity contribution in [1.29, 1.82) is 0 Å². The Labute approximate surface area is 129 Å². The summed E-state index contributed by atoms with van der Waals surface area (Å²) in [5.74, 6) is 0.104. The molecule has 0 amide bonds. The molecule has 1 fully saturated rings. The van der Waals surface area contributed by atoms with Crippen LogP contribution in [-0.2, 0) is 0 Å². The van der Waals surface area contributed by atoms with Crippen molar-refractivity contribution in [3.8, 4) is 0 Å². The van der Waals surface area contributed by atoms with Gasteiger partial charge in [-0.15, -0.1) is 0 Å². The highest BCUT2D eigenvalue weighted by molar-refractivity contribution is 6.30. The van der Waals surface area contributed by atoms with Gasteiger partial charge in [-0.05, 0) is 36.2 Å². The van der Waals surface area contributed by atoms with Crippen molar-refractivity contribution in [1.82, 2.24) is 0 Å². The SMILES string of the molecule is NC1CC(c2ccc(Cl)cc2)CN(c2ccccc2F)C1. The summed E-state index contributed by atoms with van der Waals surface area (Å²) < 4.78 is 14.0. The van der Waals surface area contributed by atoms with E-state index in [0.29, 0.717) is 18.2 Å². The van der Waals surface area contributed by atoms with Gasteiger partial charge in [-0.1, -0.05) is 35.9 Å². The quantitative estimate of drug-likeness (QED) is 0.914. The van der Waals surface area contributed by atoms with Crippen molar-refractivity contribution in [2.45, 2.75) is 18.4 Å². The molecular weight excluding hydrogens is 287 g/mol. The molecule has 4 heteroatoms. The molecular formula is C17H18ClFN2. The largest absolute Gasteiger partial charge is 0.367 e. The zero-order valence-electron chi connectivity index (χ0n) is 11.7. The van der Waals surface area contributed by atoms with Crippen molar-refractivity contribution in [3.05, 3.63) is 64.9 Å². The number of hydrogen-bond acceptors (Lipinski definition) is 2. The Morgan fingerprint density at radius 2 is 1.76 bits per heavy atom. The van der Waals surface area contributed by atoms with Crippen LogP contribution in [0.4, 0.5) is 10.1 Å². The number of hydrogen-bond donors (Lipinski definition) is 1. The number of benzene rings is 2. The van der Waals surface area contributed by atoms with Gasteiger partial charge in [0.1, 0.15) is 5.82 Å². The van der Waals surface area contributed by atoms with Gasteiger partial charge in [0.05, 0.1) is 5.69 Å². The molecule has 0 aromatic heterocycles. The van der Waals surface area contributed by atoms with Gasteiger partial charge in [-0.2, -0.15) is 0 Å². The Balaban J connectivity index is 1.85. The zero-order valence-corrected chi connectivity index (χ0v) is 12.4. The fraction of sp³-hybridized carbons (Fsp3) is 0.294. The number of rotatable bonds is 2. The van der Waals surface area contributed by atoms with Gasteiger partial charge in [0.15, 0.2) is 0 Å². The van der Waals surface area contributed by atoms with Crippen LogP contribution in [0, 0.1) is 5.82 Å². The predicted molar refractivity (Wildman–Crippen MR) is 85.4 cm³/mol. The van der Waals surface area contributed by atoms with Crippen LogP contribution in [-0.4, -0.2) is 19.1 Å². The molecule has 1 aliphatic rings. The average Bonchev–Trinajstić information content (AvgIpc) is 2.48. The maximum Gasteiger partial charge on any atom is 0.146 e. The highest BCUT2D eigenvalue weighted by Gasteiger charge is 2.27. The summed E-state index contributed by atoms with van der Waals surface area (Å²) in [6.45, 7) is 1.46. The lowest BCUT2D eigenvalue weighted by Gasteiger charge is -2.38. The van der Waals surface area contributed by atoms with Crippen LogP contribution in [0.1, 0.15) is 17.9 Å². The van der Waals surface area contributed by atoms with E-state index in [2.05, 4.69) is 0 Å². The Morgan fingerprint density at radius 3 is 2.48 bits per heavy atom. The molecule has 1 aliphatic heterocycles. The standard InChI is InChI=1S/C17H18ClFN2/c18-14-7-5-12(6-8-14)13-9-15(20)11-21(10-13)17-4-2-1-3-16(17)19/h1-8,13,15H,9-11,20H2. The molecule has 2 aromatic carbocycles. The lowest BCUT2D eigenvalue weighted by atomic mass is 9.88. The summed E-state index contributed by atoms with van der Waals surface area (Å²) in [5.41, 5.74) is 8.02. The van der Waals surface area contributed by atoms with Gasteiger partial charge < -0.3 is 10.6 Å². The van der Waals surface area contributed by atoms with Crippen LogP contribution in [0.3, 0.4) is 0 Å². The third kappa shape index (κ3) is 3.20. The third-order valence-electron chi connectivity index (χ3n) is 4.02. The number of para-hydroxylation sites is 1. The molecule has 1 saturated heterocycles. The topological polar surface area (TPSA) is 29.3 Å². The number of nitrogens with zero attached hydrogens (tertiary/aromatic N) is 1. The first-order chi connectivity index (χ1) is 10.1. The van der Waals surface area contributed by atoms with E-state index >= 15 is 0 Å². The van der Waals surface area contributed by atoms with Gasteiger partial charge in [0, 0.05) is 30.1 Å². The number of anilines is 1. The molecule has 2 N–H and O–H groups in total. The molecule has 2 unspecified atom stereocenters. The second-order valence-electron chi connectivity index (χ2n) is 5.60. The summed E-state index contributed by atoms with van der Waals surface area (Å²) in [5, 5.41) is 0.727. The van der Waals surface area contributed by atoms with E-state index in [0.717, 1.165) is 18.0 Å². The van der Waals surface area contributed by atoms with Crippen LogP contribution >= 0.6 is 11.6 Å². The Bertz CT molecular complexity index is 614. The molecule has 2 nitrogen and oxygen atoms in total. The van der Waals surface area contributed by atoms with E-state index in [4.69, 9.17) is 17.3 Å². The monoisotopic (exact) mass is 304 g/mol. The first kappa shape index (κ1) is 14.4. The number of piperidine rings is 1. The highest BCUT2D eigenvalue weighted by atomic mass is 35.5. The number of halogens is 2. The van der Waals surface area contributed by atoms with Crippen molar-refractivity contribution in [2.24, 2.45) is 5.73 Å².